The fraction of sp³-hybridized carbons (Fsp3) is 0.533. The van der Waals surface area contributed by atoms with Crippen LogP contribution in [0.25, 0.3) is 0 Å². The molecule has 1 fully saturated rings. The third kappa shape index (κ3) is 4.47. The quantitative estimate of drug-likeness (QED) is 0.838. The Morgan fingerprint density at radius 2 is 2.05 bits per heavy atom. The Kier molecular flexibility index (Phi) is 5.87. The molecule has 1 saturated carbocycles. The minimum atomic E-state index is -0.647. The van der Waals surface area contributed by atoms with Crippen LogP contribution in [0.3, 0.4) is 0 Å². The second-order valence-corrected chi connectivity index (χ2v) is 6.62. The van der Waals surface area contributed by atoms with Gasteiger partial charge in [-0.2, -0.15) is 0 Å². The van der Waals surface area contributed by atoms with Gasteiger partial charge in [-0.15, -0.1) is 0 Å². The van der Waals surface area contributed by atoms with Crippen LogP contribution in [0.4, 0.5) is 0 Å². The van der Waals surface area contributed by atoms with Crippen LogP contribution in [0, 0.1) is 5.92 Å². The molecule has 0 heterocycles. The number of carboxylic acids is 1. The maximum absolute atomic E-state index is 10.9. The van der Waals surface area contributed by atoms with Crippen molar-refractivity contribution in [1.82, 2.24) is 5.32 Å². The first-order chi connectivity index (χ1) is 9.56. The highest BCUT2D eigenvalue weighted by atomic mass is 79.9. The Balaban J connectivity index is 1.74. The third-order valence-electron chi connectivity index (χ3n) is 3.91. The zero-order valence-corrected chi connectivity index (χ0v) is 13.6. The Bertz CT molecular complexity index is 473. The van der Waals surface area contributed by atoms with Gasteiger partial charge in [-0.05, 0) is 62.4 Å². The minimum Gasteiger partial charge on any atom is -0.481 e. The lowest BCUT2D eigenvalue weighted by atomic mass is 9.86. The predicted molar refractivity (Wildman–Crippen MR) is 84.2 cm³/mol. The number of benzene rings is 1. The highest BCUT2D eigenvalue weighted by Gasteiger charge is 2.25. The molecule has 3 nitrogen and oxygen atoms in total. The molecule has 0 unspecified atom stereocenters. The van der Waals surface area contributed by atoms with Gasteiger partial charge in [0.25, 0.3) is 0 Å². The first kappa shape index (κ1) is 15.8. The highest BCUT2D eigenvalue weighted by Crippen LogP contribution is 2.25. The van der Waals surface area contributed by atoms with E-state index < -0.39 is 5.97 Å². The second kappa shape index (κ2) is 7.43. The van der Waals surface area contributed by atoms with E-state index in [9.17, 15) is 4.79 Å². The number of hydrogen-bond acceptors (Lipinski definition) is 2. The van der Waals surface area contributed by atoms with Crippen molar-refractivity contribution < 1.29 is 9.90 Å². The molecule has 0 bridgehead atoms. The summed E-state index contributed by atoms with van der Waals surface area (Å²) in [4.78, 5) is 10.9. The molecule has 110 valence electrons. The molecular weight excluding hydrogens is 342 g/mol. The smallest absolute Gasteiger partial charge is 0.306 e. The summed E-state index contributed by atoms with van der Waals surface area (Å²) < 4.78 is 1.08. The molecule has 1 aromatic carbocycles. The van der Waals surface area contributed by atoms with Crippen LogP contribution in [-0.2, 0) is 11.2 Å². The molecule has 1 aliphatic carbocycles. The summed E-state index contributed by atoms with van der Waals surface area (Å²) in [5.41, 5.74) is 1.20. The van der Waals surface area contributed by atoms with Crippen molar-refractivity contribution in [3.8, 4) is 0 Å². The summed E-state index contributed by atoms with van der Waals surface area (Å²) in [6, 6.07) is 6.27. The topological polar surface area (TPSA) is 49.3 Å². The van der Waals surface area contributed by atoms with Crippen LogP contribution >= 0.6 is 27.5 Å². The van der Waals surface area contributed by atoms with Gasteiger partial charge in [0.1, 0.15) is 0 Å². The van der Waals surface area contributed by atoms with E-state index in [0.29, 0.717) is 6.04 Å². The first-order valence-electron chi connectivity index (χ1n) is 6.96. The molecule has 20 heavy (non-hydrogen) atoms. The average Bonchev–Trinajstić information content (AvgIpc) is 2.43. The van der Waals surface area contributed by atoms with E-state index in [1.165, 1.54) is 5.56 Å². The molecule has 0 atom stereocenters. The summed E-state index contributed by atoms with van der Waals surface area (Å²) in [6.07, 6.45) is 4.39. The molecule has 2 N–H and O–H groups in total. The van der Waals surface area contributed by atoms with Gasteiger partial charge in [-0.25, -0.2) is 0 Å². The molecule has 0 spiro atoms. The predicted octanol–water partition coefficient (Wildman–Crippen LogP) is 3.88. The number of rotatable bonds is 5. The second-order valence-electron chi connectivity index (χ2n) is 5.33. The molecule has 0 aromatic heterocycles. The van der Waals surface area contributed by atoms with Gasteiger partial charge in [-0.3, -0.25) is 4.79 Å². The van der Waals surface area contributed by atoms with Crippen molar-refractivity contribution in [1.29, 1.82) is 0 Å². The molecular formula is C15H19BrClNO2. The van der Waals surface area contributed by atoms with Crippen LogP contribution in [0.5, 0.6) is 0 Å². The Morgan fingerprint density at radius 3 is 2.70 bits per heavy atom. The molecule has 2 rings (SSSR count). The fourth-order valence-electron chi connectivity index (χ4n) is 2.69. The minimum absolute atomic E-state index is 0.143. The Morgan fingerprint density at radius 1 is 1.35 bits per heavy atom. The highest BCUT2D eigenvalue weighted by molar-refractivity contribution is 9.10. The number of carboxylic acid groups (broad SMARTS) is 1. The van der Waals surface area contributed by atoms with E-state index in [1.54, 1.807) is 0 Å². The van der Waals surface area contributed by atoms with Crippen molar-refractivity contribution in [2.75, 3.05) is 6.54 Å². The number of nitrogens with one attached hydrogen (secondary N) is 1. The number of halogens is 2. The van der Waals surface area contributed by atoms with Crippen LogP contribution < -0.4 is 5.32 Å². The van der Waals surface area contributed by atoms with Gasteiger partial charge in [-0.1, -0.05) is 27.5 Å². The van der Waals surface area contributed by atoms with Crippen LogP contribution in [0.2, 0.25) is 5.02 Å². The normalized spacial score (nSPS) is 22.7. The van der Waals surface area contributed by atoms with Crippen molar-refractivity contribution in [3.05, 3.63) is 33.3 Å². The molecule has 0 saturated heterocycles. The summed E-state index contributed by atoms with van der Waals surface area (Å²) in [7, 11) is 0. The lowest BCUT2D eigenvalue weighted by Crippen LogP contribution is -2.36. The lowest BCUT2D eigenvalue weighted by molar-refractivity contribution is -0.142. The largest absolute Gasteiger partial charge is 0.481 e. The van der Waals surface area contributed by atoms with Crippen molar-refractivity contribution in [3.63, 3.8) is 0 Å². The van der Waals surface area contributed by atoms with Gasteiger partial charge < -0.3 is 10.4 Å². The number of hydrogen-bond donors (Lipinski definition) is 2. The molecule has 0 amide bonds. The maximum atomic E-state index is 10.9. The molecule has 1 aromatic rings. The zero-order chi connectivity index (χ0) is 14.5. The SMILES string of the molecule is O=C(O)C1CCC(NCCc2cc(Cl)ccc2Br)CC1. The molecule has 5 heteroatoms. The third-order valence-corrected chi connectivity index (χ3v) is 4.92. The Labute approximate surface area is 132 Å². The van der Waals surface area contributed by atoms with Gasteiger partial charge >= 0.3 is 5.97 Å². The van der Waals surface area contributed by atoms with E-state index >= 15 is 0 Å². The molecule has 0 aliphatic heterocycles. The lowest BCUT2D eigenvalue weighted by Gasteiger charge is -2.27. The van der Waals surface area contributed by atoms with E-state index in [-0.39, 0.29) is 5.92 Å². The van der Waals surface area contributed by atoms with Gasteiger partial charge in [0.05, 0.1) is 5.92 Å². The fourth-order valence-corrected chi connectivity index (χ4v) is 3.33. The summed E-state index contributed by atoms with van der Waals surface area (Å²) >= 11 is 9.52. The van der Waals surface area contributed by atoms with Crippen LogP contribution in [-0.4, -0.2) is 23.7 Å². The van der Waals surface area contributed by atoms with Crippen molar-refractivity contribution in [2.24, 2.45) is 5.92 Å². The zero-order valence-electron chi connectivity index (χ0n) is 11.2. The van der Waals surface area contributed by atoms with Gasteiger partial charge in [0, 0.05) is 15.5 Å². The van der Waals surface area contributed by atoms with Gasteiger partial charge in [0.15, 0.2) is 0 Å². The van der Waals surface area contributed by atoms with Crippen LogP contribution in [0.15, 0.2) is 22.7 Å². The monoisotopic (exact) mass is 359 g/mol. The van der Waals surface area contributed by atoms with E-state index in [4.69, 9.17) is 16.7 Å². The van der Waals surface area contributed by atoms with Crippen molar-refractivity contribution in [2.45, 2.75) is 38.1 Å². The van der Waals surface area contributed by atoms with Gasteiger partial charge in [0.2, 0.25) is 0 Å². The maximum Gasteiger partial charge on any atom is 0.306 e. The number of aliphatic carboxylic acids is 1. The summed E-state index contributed by atoms with van der Waals surface area (Å²) in [5, 5.41) is 13.2. The summed E-state index contributed by atoms with van der Waals surface area (Å²) in [5.74, 6) is -0.790. The first-order valence-corrected chi connectivity index (χ1v) is 8.13. The van der Waals surface area contributed by atoms with E-state index in [2.05, 4.69) is 21.2 Å². The molecule has 0 radical (unpaired) electrons. The summed E-state index contributed by atoms with van der Waals surface area (Å²) in [6.45, 7) is 0.890. The Hall–Kier alpha value is -0.580. The standard InChI is InChI=1S/C15H19BrClNO2/c16-14-6-3-12(17)9-11(14)7-8-18-13-4-1-10(2-5-13)15(19)20/h3,6,9-10,13,18H,1-2,4-5,7-8H2,(H,19,20). The van der Waals surface area contributed by atoms with E-state index in [1.807, 2.05) is 18.2 Å². The average molecular weight is 361 g/mol. The molecule has 1 aliphatic rings. The van der Waals surface area contributed by atoms with Crippen LogP contribution in [0.1, 0.15) is 31.2 Å². The number of carbonyl (C=O) groups is 1. The van der Waals surface area contributed by atoms with E-state index in [0.717, 1.165) is 48.1 Å². The van der Waals surface area contributed by atoms with Crippen molar-refractivity contribution >= 4 is 33.5 Å².